The average molecular weight is 238 g/mol. The van der Waals surface area contributed by atoms with Crippen LogP contribution >= 0.6 is 11.8 Å². The van der Waals surface area contributed by atoms with E-state index in [-0.39, 0.29) is 5.12 Å². The fourth-order valence-corrected chi connectivity index (χ4v) is 1.91. The van der Waals surface area contributed by atoms with Crippen molar-refractivity contribution in [3.63, 3.8) is 0 Å². The van der Waals surface area contributed by atoms with Gasteiger partial charge in [-0.2, -0.15) is 0 Å². The molecule has 0 unspecified atom stereocenters. The molecule has 0 aromatic heterocycles. The monoisotopic (exact) mass is 238 g/mol. The molecule has 0 heterocycles. The second kappa shape index (κ2) is 5.16. The Morgan fingerprint density at radius 2 is 1.75 bits per heavy atom. The van der Waals surface area contributed by atoms with Crippen molar-refractivity contribution in [3.8, 4) is 0 Å². The number of carbonyl (C=O) groups excluding carboxylic acids is 2. The zero-order valence-corrected chi connectivity index (χ0v) is 10.3. The second-order valence-corrected chi connectivity index (χ2v) is 4.87. The van der Waals surface area contributed by atoms with E-state index in [0.717, 1.165) is 16.7 Å². The lowest BCUT2D eigenvalue weighted by Gasteiger charge is -2.18. The van der Waals surface area contributed by atoms with Gasteiger partial charge in [0.25, 0.3) is 0 Å². The molecule has 0 aliphatic rings. The molecule has 0 aliphatic heterocycles. The molecule has 0 bridgehead atoms. The summed E-state index contributed by atoms with van der Waals surface area (Å²) in [6, 6.07) is 9.23. The first-order valence-electron chi connectivity index (χ1n) is 4.84. The van der Waals surface area contributed by atoms with Gasteiger partial charge in [-0.25, -0.2) is 0 Å². The average Bonchev–Trinajstić information content (AvgIpc) is 2.29. The molecule has 0 radical (unpaired) electrons. The van der Waals surface area contributed by atoms with Gasteiger partial charge < -0.3 is 4.74 Å². The second-order valence-electron chi connectivity index (χ2n) is 3.82. The fraction of sp³-hybridized carbons (Fsp3) is 0.333. The van der Waals surface area contributed by atoms with Gasteiger partial charge >= 0.3 is 5.97 Å². The number of carbonyl (C=O) groups is 2. The molecular weight excluding hydrogens is 224 g/mol. The number of esters is 1. The van der Waals surface area contributed by atoms with E-state index in [4.69, 9.17) is 0 Å². The summed E-state index contributed by atoms with van der Waals surface area (Å²) in [4.78, 5) is 24.1. The summed E-state index contributed by atoms with van der Waals surface area (Å²) in [6.07, 6.45) is 0. The lowest BCUT2D eigenvalue weighted by Crippen LogP contribution is -2.32. The first-order chi connectivity index (χ1) is 7.48. The predicted octanol–water partition coefficient (Wildman–Crippen LogP) is 2.50. The summed E-state index contributed by atoms with van der Waals surface area (Å²) < 4.78 is 4.60. The van der Waals surface area contributed by atoms with Crippen LogP contribution < -0.4 is 0 Å². The molecule has 0 saturated carbocycles. The molecule has 0 amide bonds. The number of ether oxygens (including phenoxy) is 1. The maximum atomic E-state index is 11.9. The molecule has 3 nitrogen and oxygen atoms in total. The Bertz CT molecular complexity index is 385. The van der Waals surface area contributed by atoms with Gasteiger partial charge in [0.1, 0.15) is 5.41 Å². The van der Waals surface area contributed by atoms with E-state index < -0.39 is 11.4 Å². The minimum Gasteiger partial charge on any atom is -0.468 e. The first-order valence-corrected chi connectivity index (χ1v) is 5.66. The lowest BCUT2D eigenvalue weighted by molar-refractivity contribution is -0.153. The molecular formula is C12H14O3S. The molecule has 0 spiro atoms. The predicted molar refractivity (Wildman–Crippen MR) is 63.1 cm³/mol. The number of thioether (sulfide) groups is 1. The number of methoxy groups -OCH3 is 1. The molecule has 0 fully saturated rings. The molecule has 1 aromatic carbocycles. The van der Waals surface area contributed by atoms with E-state index in [1.807, 2.05) is 30.3 Å². The Kier molecular flexibility index (Phi) is 4.12. The summed E-state index contributed by atoms with van der Waals surface area (Å²) >= 11 is 1.05. The van der Waals surface area contributed by atoms with Gasteiger partial charge in [-0.1, -0.05) is 30.0 Å². The molecule has 16 heavy (non-hydrogen) atoms. The topological polar surface area (TPSA) is 43.4 Å². The van der Waals surface area contributed by atoms with Crippen LogP contribution in [0.1, 0.15) is 13.8 Å². The van der Waals surface area contributed by atoms with Gasteiger partial charge in [-0.15, -0.1) is 0 Å². The van der Waals surface area contributed by atoms with Crippen molar-refractivity contribution in [1.29, 1.82) is 0 Å². The van der Waals surface area contributed by atoms with E-state index in [9.17, 15) is 9.59 Å². The summed E-state index contributed by atoms with van der Waals surface area (Å²) in [5.41, 5.74) is -1.12. The van der Waals surface area contributed by atoms with Crippen LogP contribution in [0, 0.1) is 5.41 Å². The van der Waals surface area contributed by atoms with Crippen molar-refractivity contribution in [1.82, 2.24) is 0 Å². The van der Waals surface area contributed by atoms with Gasteiger partial charge in [-0.3, -0.25) is 9.59 Å². The maximum Gasteiger partial charge on any atom is 0.319 e. The molecule has 1 aromatic rings. The van der Waals surface area contributed by atoms with E-state index in [1.165, 1.54) is 7.11 Å². The Labute approximate surface area is 99.2 Å². The van der Waals surface area contributed by atoms with Crippen LogP contribution in [0.4, 0.5) is 0 Å². The summed E-state index contributed by atoms with van der Waals surface area (Å²) in [5, 5.41) is -0.217. The molecule has 4 heteroatoms. The van der Waals surface area contributed by atoms with Gasteiger partial charge in [0, 0.05) is 4.90 Å². The third-order valence-electron chi connectivity index (χ3n) is 2.16. The normalized spacial score (nSPS) is 10.9. The van der Waals surface area contributed by atoms with Crippen LogP contribution in [-0.4, -0.2) is 18.2 Å². The van der Waals surface area contributed by atoms with Crippen LogP contribution in [0.25, 0.3) is 0 Å². The summed E-state index contributed by atoms with van der Waals surface area (Å²) in [6.45, 7) is 3.13. The number of hydrogen-bond acceptors (Lipinski definition) is 4. The zero-order chi connectivity index (χ0) is 12.2. The van der Waals surface area contributed by atoms with Gasteiger partial charge in [0.2, 0.25) is 5.12 Å². The minimum absolute atomic E-state index is 0.217. The summed E-state index contributed by atoms with van der Waals surface area (Å²) in [7, 11) is 1.28. The van der Waals surface area contributed by atoms with Crippen molar-refractivity contribution in [2.45, 2.75) is 18.7 Å². The van der Waals surface area contributed by atoms with Crippen LogP contribution in [-0.2, 0) is 14.3 Å². The Morgan fingerprint density at radius 3 is 2.25 bits per heavy atom. The highest BCUT2D eigenvalue weighted by molar-refractivity contribution is 8.13. The van der Waals surface area contributed by atoms with E-state index in [0.29, 0.717) is 0 Å². The molecule has 0 N–H and O–H groups in total. The SMILES string of the molecule is COC(=O)C(C)(C)C(=O)Sc1ccccc1. The summed E-state index contributed by atoms with van der Waals surface area (Å²) in [5.74, 6) is -0.513. The standard InChI is InChI=1S/C12H14O3S/c1-12(2,10(13)15-3)11(14)16-9-7-5-4-6-8-9/h4-8H,1-3H3. The van der Waals surface area contributed by atoms with Crippen LogP contribution in [0.3, 0.4) is 0 Å². The van der Waals surface area contributed by atoms with Crippen molar-refractivity contribution >= 4 is 22.8 Å². The van der Waals surface area contributed by atoms with Gasteiger partial charge in [0.15, 0.2) is 0 Å². The number of hydrogen-bond donors (Lipinski definition) is 0. The van der Waals surface area contributed by atoms with Crippen LogP contribution in [0.2, 0.25) is 0 Å². The smallest absolute Gasteiger partial charge is 0.319 e. The minimum atomic E-state index is -1.12. The maximum absolute atomic E-state index is 11.9. The Morgan fingerprint density at radius 1 is 1.19 bits per heavy atom. The van der Waals surface area contributed by atoms with E-state index in [1.54, 1.807) is 13.8 Å². The van der Waals surface area contributed by atoms with Crippen molar-refractivity contribution < 1.29 is 14.3 Å². The van der Waals surface area contributed by atoms with Crippen LogP contribution in [0.5, 0.6) is 0 Å². The highest BCUT2D eigenvalue weighted by atomic mass is 32.2. The van der Waals surface area contributed by atoms with Crippen molar-refractivity contribution in [2.75, 3.05) is 7.11 Å². The van der Waals surface area contributed by atoms with E-state index in [2.05, 4.69) is 4.74 Å². The molecule has 0 atom stereocenters. The highest BCUT2D eigenvalue weighted by Crippen LogP contribution is 2.30. The molecule has 86 valence electrons. The third kappa shape index (κ3) is 2.85. The molecule has 1 rings (SSSR count). The number of rotatable bonds is 3. The van der Waals surface area contributed by atoms with Crippen LogP contribution in [0.15, 0.2) is 35.2 Å². The van der Waals surface area contributed by atoms with E-state index >= 15 is 0 Å². The number of benzene rings is 1. The van der Waals surface area contributed by atoms with Crippen molar-refractivity contribution in [3.05, 3.63) is 30.3 Å². The first kappa shape index (κ1) is 12.8. The largest absolute Gasteiger partial charge is 0.468 e. The van der Waals surface area contributed by atoms with Crippen molar-refractivity contribution in [2.24, 2.45) is 5.41 Å². The zero-order valence-electron chi connectivity index (χ0n) is 9.52. The fourth-order valence-electron chi connectivity index (χ4n) is 1.06. The molecule has 0 saturated heterocycles. The molecule has 0 aliphatic carbocycles. The van der Waals surface area contributed by atoms with Gasteiger partial charge in [0.05, 0.1) is 7.11 Å². The Hall–Kier alpha value is -1.29. The van der Waals surface area contributed by atoms with Gasteiger partial charge in [-0.05, 0) is 26.0 Å². The highest BCUT2D eigenvalue weighted by Gasteiger charge is 2.37. The quantitative estimate of drug-likeness (QED) is 0.461. The third-order valence-corrected chi connectivity index (χ3v) is 3.36. The Balaban J connectivity index is 2.76. The lowest BCUT2D eigenvalue weighted by atomic mass is 9.96.